The highest BCUT2D eigenvalue weighted by Gasteiger charge is 2.37. The standard InChI is InChI=1S/C30H27F7N2O3/c1-18(21-6-8-22(9-7-21)28(41)42-17-20-4-12-24(13-5-20)30(35,36)37)38-27(40)26-14-25(31)16-39(26)15-19-2-10-23(11-3-19)29(32,33)34/h2-13,18,25-26H,14-17H2,1H3,(H,38,40). The molecule has 12 heteroatoms. The summed E-state index contributed by atoms with van der Waals surface area (Å²) in [6.07, 6.45) is -10.3. The first kappa shape index (κ1) is 31.0. The SMILES string of the molecule is CC(NC(=O)C1CC(F)CN1Cc1ccc(C(F)(F)F)cc1)c1ccc(C(=O)OCc2ccc(C(F)(F)F)cc2)cc1. The fraction of sp³-hybridized carbons (Fsp3) is 0.333. The second-order valence-electron chi connectivity index (χ2n) is 10.1. The van der Waals surface area contributed by atoms with Gasteiger partial charge in [-0.1, -0.05) is 36.4 Å². The lowest BCUT2D eigenvalue weighted by Crippen LogP contribution is -2.43. The second kappa shape index (κ2) is 12.5. The molecule has 1 fully saturated rings. The lowest BCUT2D eigenvalue weighted by Gasteiger charge is -2.25. The molecule has 1 N–H and O–H groups in total. The summed E-state index contributed by atoms with van der Waals surface area (Å²) in [5.41, 5.74) is 0.147. The Kier molecular flexibility index (Phi) is 9.24. The van der Waals surface area contributed by atoms with Gasteiger partial charge >= 0.3 is 18.3 Å². The summed E-state index contributed by atoms with van der Waals surface area (Å²) < 4.78 is 96.0. The van der Waals surface area contributed by atoms with Gasteiger partial charge in [0.15, 0.2) is 0 Å². The van der Waals surface area contributed by atoms with E-state index in [1.807, 2.05) is 0 Å². The Bertz CT molecular complexity index is 1370. The Labute approximate surface area is 237 Å². The molecule has 5 nitrogen and oxygen atoms in total. The van der Waals surface area contributed by atoms with E-state index in [4.69, 9.17) is 4.74 Å². The van der Waals surface area contributed by atoms with Gasteiger partial charge in [-0.05, 0) is 60.0 Å². The maximum Gasteiger partial charge on any atom is 0.416 e. The molecule has 1 aliphatic rings. The number of carbonyl (C=O) groups is 2. The Morgan fingerprint density at radius 2 is 1.38 bits per heavy atom. The molecule has 0 saturated carbocycles. The van der Waals surface area contributed by atoms with Crippen LogP contribution in [-0.2, 0) is 35.0 Å². The van der Waals surface area contributed by atoms with Crippen LogP contribution in [0.15, 0.2) is 72.8 Å². The first-order chi connectivity index (χ1) is 19.7. The molecule has 3 atom stereocenters. The number of alkyl halides is 7. The van der Waals surface area contributed by atoms with Gasteiger partial charge < -0.3 is 10.1 Å². The van der Waals surface area contributed by atoms with Gasteiger partial charge in [-0.3, -0.25) is 9.69 Å². The van der Waals surface area contributed by atoms with Crippen molar-refractivity contribution in [1.29, 1.82) is 0 Å². The highest BCUT2D eigenvalue weighted by atomic mass is 19.4. The number of halogens is 7. The van der Waals surface area contributed by atoms with Crippen LogP contribution < -0.4 is 5.32 Å². The van der Waals surface area contributed by atoms with Gasteiger partial charge in [0.2, 0.25) is 5.91 Å². The van der Waals surface area contributed by atoms with Gasteiger partial charge in [0, 0.05) is 19.5 Å². The number of nitrogens with zero attached hydrogens (tertiary/aromatic N) is 1. The Morgan fingerprint density at radius 3 is 1.90 bits per heavy atom. The molecule has 0 aliphatic carbocycles. The fourth-order valence-corrected chi connectivity index (χ4v) is 4.65. The Hall–Kier alpha value is -3.93. The third-order valence-electron chi connectivity index (χ3n) is 6.98. The van der Waals surface area contributed by atoms with Crippen LogP contribution in [0.2, 0.25) is 0 Å². The quantitative estimate of drug-likeness (QED) is 0.228. The molecule has 224 valence electrons. The van der Waals surface area contributed by atoms with Crippen molar-refractivity contribution >= 4 is 11.9 Å². The van der Waals surface area contributed by atoms with Crippen molar-refractivity contribution in [1.82, 2.24) is 10.2 Å². The predicted octanol–water partition coefficient (Wildman–Crippen LogP) is 6.87. The molecule has 3 aromatic rings. The van der Waals surface area contributed by atoms with Crippen LogP contribution in [0.25, 0.3) is 0 Å². The van der Waals surface area contributed by atoms with E-state index in [0.29, 0.717) is 16.7 Å². The molecule has 1 aliphatic heterocycles. The van der Waals surface area contributed by atoms with Gasteiger partial charge in [0.1, 0.15) is 12.8 Å². The van der Waals surface area contributed by atoms with Crippen molar-refractivity contribution < 1.29 is 45.1 Å². The zero-order valence-electron chi connectivity index (χ0n) is 22.3. The number of ether oxygens (including phenoxy) is 1. The number of hydrogen-bond acceptors (Lipinski definition) is 4. The van der Waals surface area contributed by atoms with Crippen LogP contribution in [-0.4, -0.2) is 35.5 Å². The van der Waals surface area contributed by atoms with Gasteiger partial charge in [-0.2, -0.15) is 26.3 Å². The molecular weight excluding hydrogens is 569 g/mol. The lowest BCUT2D eigenvalue weighted by atomic mass is 10.0. The van der Waals surface area contributed by atoms with Crippen LogP contribution in [0.1, 0.15) is 57.6 Å². The minimum Gasteiger partial charge on any atom is -0.457 e. The average molecular weight is 597 g/mol. The molecular formula is C30H27F7N2O3. The molecule has 1 amide bonds. The minimum absolute atomic E-state index is 0.0310. The second-order valence-corrected chi connectivity index (χ2v) is 10.1. The summed E-state index contributed by atoms with van der Waals surface area (Å²) >= 11 is 0. The Morgan fingerprint density at radius 1 is 0.857 bits per heavy atom. The third kappa shape index (κ3) is 7.87. The molecule has 0 radical (unpaired) electrons. The summed E-state index contributed by atoms with van der Waals surface area (Å²) in [4.78, 5) is 27.0. The molecule has 4 rings (SSSR count). The number of hydrogen-bond donors (Lipinski definition) is 1. The number of rotatable bonds is 8. The number of benzene rings is 3. The van der Waals surface area contributed by atoms with Crippen molar-refractivity contribution in [3.63, 3.8) is 0 Å². The predicted molar refractivity (Wildman–Crippen MR) is 139 cm³/mol. The molecule has 1 saturated heterocycles. The minimum atomic E-state index is -4.47. The maximum atomic E-state index is 14.3. The molecule has 3 aromatic carbocycles. The van der Waals surface area contributed by atoms with Crippen molar-refractivity contribution in [3.05, 3.63) is 106 Å². The van der Waals surface area contributed by atoms with E-state index in [2.05, 4.69) is 5.32 Å². The van der Waals surface area contributed by atoms with Crippen LogP contribution in [0.5, 0.6) is 0 Å². The van der Waals surface area contributed by atoms with E-state index in [-0.39, 0.29) is 31.7 Å². The molecule has 0 spiro atoms. The zero-order valence-corrected chi connectivity index (χ0v) is 22.3. The number of carbonyl (C=O) groups excluding carboxylic acids is 2. The number of esters is 1. The van der Waals surface area contributed by atoms with E-state index in [1.54, 1.807) is 24.0 Å². The first-order valence-electron chi connectivity index (χ1n) is 13.0. The van der Waals surface area contributed by atoms with Gasteiger partial charge in [-0.15, -0.1) is 0 Å². The van der Waals surface area contributed by atoms with E-state index >= 15 is 0 Å². The maximum absolute atomic E-state index is 14.3. The highest BCUT2D eigenvalue weighted by Crippen LogP contribution is 2.31. The van der Waals surface area contributed by atoms with E-state index < -0.39 is 53.6 Å². The molecule has 0 aromatic heterocycles. The van der Waals surface area contributed by atoms with Crippen molar-refractivity contribution in [2.45, 2.75) is 57.1 Å². The number of amides is 1. The molecule has 3 unspecified atom stereocenters. The summed E-state index contributed by atoms with van der Waals surface area (Å²) in [7, 11) is 0. The van der Waals surface area contributed by atoms with E-state index in [1.165, 1.54) is 36.4 Å². The fourth-order valence-electron chi connectivity index (χ4n) is 4.65. The largest absolute Gasteiger partial charge is 0.457 e. The van der Waals surface area contributed by atoms with Crippen molar-refractivity contribution in [2.75, 3.05) is 6.54 Å². The monoisotopic (exact) mass is 596 g/mol. The Balaban J connectivity index is 1.31. The smallest absolute Gasteiger partial charge is 0.416 e. The van der Waals surface area contributed by atoms with Crippen LogP contribution in [0.3, 0.4) is 0 Å². The van der Waals surface area contributed by atoms with Gasteiger partial charge in [0.05, 0.1) is 28.8 Å². The third-order valence-corrected chi connectivity index (χ3v) is 6.98. The lowest BCUT2D eigenvalue weighted by molar-refractivity contribution is -0.138. The zero-order chi connectivity index (χ0) is 30.7. The highest BCUT2D eigenvalue weighted by molar-refractivity contribution is 5.89. The molecule has 1 heterocycles. The van der Waals surface area contributed by atoms with Crippen LogP contribution in [0.4, 0.5) is 30.7 Å². The summed E-state index contributed by atoms with van der Waals surface area (Å²) in [5.74, 6) is -1.12. The first-order valence-corrected chi connectivity index (χ1v) is 13.0. The molecule has 0 bridgehead atoms. The van der Waals surface area contributed by atoms with Gasteiger partial charge in [0.25, 0.3) is 0 Å². The normalized spacial score (nSPS) is 18.5. The number of nitrogens with one attached hydrogen (secondary N) is 1. The van der Waals surface area contributed by atoms with E-state index in [9.17, 15) is 40.3 Å². The van der Waals surface area contributed by atoms with Crippen molar-refractivity contribution in [2.24, 2.45) is 0 Å². The summed E-state index contributed by atoms with van der Waals surface area (Å²) in [6, 6.07) is 13.6. The number of likely N-dealkylation sites (tertiary alicyclic amines) is 1. The van der Waals surface area contributed by atoms with Crippen molar-refractivity contribution in [3.8, 4) is 0 Å². The van der Waals surface area contributed by atoms with Gasteiger partial charge in [-0.25, -0.2) is 9.18 Å². The average Bonchev–Trinajstić information content (AvgIpc) is 3.31. The topological polar surface area (TPSA) is 58.6 Å². The van der Waals surface area contributed by atoms with Crippen LogP contribution in [0, 0.1) is 0 Å². The molecule has 42 heavy (non-hydrogen) atoms. The summed E-state index contributed by atoms with van der Waals surface area (Å²) in [6.45, 7) is 1.56. The van der Waals surface area contributed by atoms with Crippen LogP contribution >= 0.6 is 0 Å². The van der Waals surface area contributed by atoms with E-state index in [0.717, 1.165) is 24.3 Å². The summed E-state index contributed by atoms with van der Waals surface area (Å²) in [5, 5.41) is 2.82.